The van der Waals surface area contributed by atoms with Crippen molar-refractivity contribution in [1.82, 2.24) is 0 Å². The molecular weight excluding hydrogens is 250 g/mol. The van der Waals surface area contributed by atoms with Gasteiger partial charge in [0.25, 0.3) is 0 Å². The standard InChI is InChI=1S/C13H11NO5/c1-7-9(13(16)17)5-12(15)14(7)8-2-3-10-11(4-8)19-6-18-10/h2-4H,5-6H2,1H3,(H,16,17). The monoisotopic (exact) mass is 261 g/mol. The Hall–Kier alpha value is -2.50. The van der Waals surface area contributed by atoms with Crippen LogP contribution in [0.15, 0.2) is 29.5 Å². The molecule has 6 heteroatoms. The number of benzene rings is 1. The molecule has 1 amide bonds. The Balaban J connectivity index is 2.02. The minimum Gasteiger partial charge on any atom is -0.478 e. The van der Waals surface area contributed by atoms with Gasteiger partial charge in [0.05, 0.1) is 17.7 Å². The van der Waals surface area contributed by atoms with Gasteiger partial charge in [0.15, 0.2) is 11.5 Å². The normalized spacial score (nSPS) is 17.3. The molecule has 6 nitrogen and oxygen atoms in total. The highest BCUT2D eigenvalue weighted by Gasteiger charge is 2.32. The number of fused-ring (bicyclic) bond motifs is 1. The maximum atomic E-state index is 11.9. The second kappa shape index (κ2) is 4.01. The van der Waals surface area contributed by atoms with Crippen molar-refractivity contribution in [3.8, 4) is 11.5 Å². The minimum absolute atomic E-state index is 0.0877. The highest BCUT2D eigenvalue weighted by atomic mass is 16.7. The summed E-state index contributed by atoms with van der Waals surface area (Å²) < 4.78 is 10.4. The average Bonchev–Trinajstić information content (AvgIpc) is 2.93. The zero-order valence-electron chi connectivity index (χ0n) is 10.2. The number of carbonyl (C=O) groups excluding carboxylic acids is 1. The van der Waals surface area contributed by atoms with Gasteiger partial charge in [-0.15, -0.1) is 0 Å². The van der Waals surface area contributed by atoms with E-state index in [-0.39, 0.29) is 24.7 Å². The van der Waals surface area contributed by atoms with E-state index in [0.717, 1.165) is 0 Å². The first-order valence-corrected chi connectivity index (χ1v) is 5.73. The third-order valence-corrected chi connectivity index (χ3v) is 3.22. The molecule has 2 aliphatic heterocycles. The van der Waals surface area contributed by atoms with Gasteiger partial charge >= 0.3 is 5.97 Å². The molecule has 0 atom stereocenters. The molecule has 98 valence electrons. The molecule has 1 N–H and O–H groups in total. The lowest BCUT2D eigenvalue weighted by Crippen LogP contribution is -2.23. The number of amides is 1. The van der Waals surface area contributed by atoms with Crippen LogP contribution in [0.1, 0.15) is 13.3 Å². The molecule has 0 saturated heterocycles. The van der Waals surface area contributed by atoms with Gasteiger partial charge in [-0.2, -0.15) is 0 Å². The average molecular weight is 261 g/mol. The number of carboxylic acid groups (broad SMARTS) is 1. The third kappa shape index (κ3) is 1.72. The second-order valence-corrected chi connectivity index (χ2v) is 4.31. The quantitative estimate of drug-likeness (QED) is 0.873. The second-order valence-electron chi connectivity index (χ2n) is 4.31. The Morgan fingerprint density at radius 1 is 1.32 bits per heavy atom. The van der Waals surface area contributed by atoms with Crippen LogP contribution in [-0.4, -0.2) is 23.8 Å². The van der Waals surface area contributed by atoms with Crippen molar-refractivity contribution in [3.63, 3.8) is 0 Å². The van der Waals surface area contributed by atoms with Crippen molar-refractivity contribution >= 4 is 17.6 Å². The number of hydrogen-bond acceptors (Lipinski definition) is 4. The summed E-state index contributed by atoms with van der Waals surface area (Å²) in [6.45, 7) is 1.78. The Bertz CT molecular complexity index is 619. The van der Waals surface area contributed by atoms with E-state index in [1.165, 1.54) is 4.90 Å². The fourth-order valence-corrected chi connectivity index (χ4v) is 2.27. The Morgan fingerprint density at radius 2 is 2.05 bits per heavy atom. The molecular formula is C13H11NO5. The maximum Gasteiger partial charge on any atom is 0.333 e. The molecule has 0 fully saturated rings. The summed E-state index contributed by atoms with van der Waals surface area (Å²) in [6.07, 6.45) is -0.0877. The highest BCUT2D eigenvalue weighted by molar-refractivity contribution is 6.08. The van der Waals surface area contributed by atoms with Gasteiger partial charge < -0.3 is 14.6 Å². The van der Waals surface area contributed by atoms with Gasteiger partial charge in [-0.1, -0.05) is 0 Å². The molecule has 0 unspecified atom stereocenters. The molecule has 0 bridgehead atoms. The number of carbonyl (C=O) groups is 2. The van der Waals surface area contributed by atoms with Gasteiger partial charge in [-0.05, 0) is 19.1 Å². The summed E-state index contributed by atoms with van der Waals surface area (Å²) in [5, 5.41) is 9.04. The number of anilines is 1. The molecule has 2 aliphatic rings. The largest absolute Gasteiger partial charge is 0.478 e. The number of nitrogens with zero attached hydrogens (tertiary/aromatic N) is 1. The van der Waals surface area contributed by atoms with E-state index < -0.39 is 5.97 Å². The van der Waals surface area contributed by atoms with E-state index in [9.17, 15) is 9.59 Å². The van der Waals surface area contributed by atoms with E-state index >= 15 is 0 Å². The van der Waals surface area contributed by atoms with Crippen LogP contribution in [0.5, 0.6) is 11.5 Å². The maximum absolute atomic E-state index is 11.9. The van der Waals surface area contributed by atoms with Crippen LogP contribution in [0.2, 0.25) is 0 Å². The minimum atomic E-state index is -1.06. The SMILES string of the molecule is CC1=C(C(=O)O)CC(=O)N1c1ccc2c(c1)OCO2. The van der Waals surface area contributed by atoms with Crippen molar-refractivity contribution < 1.29 is 24.2 Å². The van der Waals surface area contributed by atoms with Gasteiger partial charge in [-0.3, -0.25) is 9.69 Å². The van der Waals surface area contributed by atoms with Gasteiger partial charge in [0.1, 0.15) is 0 Å². The van der Waals surface area contributed by atoms with Gasteiger partial charge in [0.2, 0.25) is 12.7 Å². The molecule has 1 aromatic rings. The molecule has 2 heterocycles. The van der Waals surface area contributed by atoms with Crippen LogP contribution in [0.4, 0.5) is 5.69 Å². The number of aliphatic carboxylic acids is 1. The summed E-state index contributed by atoms with van der Waals surface area (Å²) in [4.78, 5) is 24.4. The Morgan fingerprint density at radius 3 is 2.74 bits per heavy atom. The molecule has 3 rings (SSSR count). The van der Waals surface area contributed by atoms with Crippen LogP contribution in [0.3, 0.4) is 0 Å². The van der Waals surface area contributed by atoms with Gasteiger partial charge in [0, 0.05) is 11.8 Å². The van der Waals surface area contributed by atoms with Crippen LogP contribution in [-0.2, 0) is 9.59 Å². The first-order valence-electron chi connectivity index (χ1n) is 5.73. The number of rotatable bonds is 2. The fraction of sp³-hybridized carbons (Fsp3) is 0.231. The Labute approximate surface area is 108 Å². The highest BCUT2D eigenvalue weighted by Crippen LogP contribution is 2.38. The van der Waals surface area contributed by atoms with Crippen LogP contribution < -0.4 is 14.4 Å². The first kappa shape index (κ1) is 11.6. The van der Waals surface area contributed by atoms with E-state index in [4.69, 9.17) is 14.6 Å². The van der Waals surface area contributed by atoms with Crippen molar-refractivity contribution in [2.45, 2.75) is 13.3 Å². The van der Waals surface area contributed by atoms with Crippen molar-refractivity contribution in [2.75, 3.05) is 11.7 Å². The molecule has 0 radical (unpaired) electrons. The van der Waals surface area contributed by atoms with Gasteiger partial charge in [-0.25, -0.2) is 4.79 Å². The molecule has 19 heavy (non-hydrogen) atoms. The number of carboxylic acids is 1. The summed E-state index contributed by atoms with van der Waals surface area (Å²) in [6, 6.07) is 5.09. The topological polar surface area (TPSA) is 76.1 Å². The summed E-state index contributed by atoms with van der Waals surface area (Å²) >= 11 is 0. The summed E-state index contributed by atoms with van der Waals surface area (Å²) in [7, 11) is 0. The van der Waals surface area contributed by atoms with E-state index in [1.807, 2.05) is 0 Å². The number of allylic oxidation sites excluding steroid dienone is 1. The van der Waals surface area contributed by atoms with E-state index in [2.05, 4.69) is 0 Å². The number of ether oxygens (including phenoxy) is 2. The summed E-state index contributed by atoms with van der Waals surface area (Å²) in [5.74, 6) is -0.139. The third-order valence-electron chi connectivity index (χ3n) is 3.22. The van der Waals surface area contributed by atoms with Crippen LogP contribution in [0.25, 0.3) is 0 Å². The van der Waals surface area contributed by atoms with E-state index in [0.29, 0.717) is 22.9 Å². The zero-order chi connectivity index (χ0) is 13.6. The van der Waals surface area contributed by atoms with Crippen LogP contribution in [0, 0.1) is 0 Å². The lowest BCUT2D eigenvalue weighted by molar-refractivity contribution is -0.133. The van der Waals surface area contributed by atoms with Crippen molar-refractivity contribution in [1.29, 1.82) is 0 Å². The van der Waals surface area contributed by atoms with Crippen molar-refractivity contribution in [2.24, 2.45) is 0 Å². The van der Waals surface area contributed by atoms with E-state index in [1.54, 1.807) is 25.1 Å². The molecule has 0 spiro atoms. The predicted octanol–water partition coefficient (Wildman–Crippen LogP) is 1.51. The zero-order valence-corrected chi connectivity index (χ0v) is 10.2. The lowest BCUT2D eigenvalue weighted by atomic mass is 10.2. The first-order chi connectivity index (χ1) is 9.08. The summed E-state index contributed by atoms with van der Waals surface area (Å²) in [5.41, 5.74) is 1.15. The van der Waals surface area contributed by atoms with Crippen LogP contribution >= 0.6 is 0 Å². The Kier molecular flexibility index (Phi) is 2.45. The number of hydrogen-bond donors (Lipinski definition) is 1. The predicted molar refractivity (Wildman–Crippen MR) is 65.0 cm³/mol. The lowest BCUT2D eigenvalue weighted by Gasteiger charge is -2.18. The fourth-order valence-electron chi connectivity index (χ4n) is 2.27. The van der Waals surface area contributed by atoms with Crippen molar-refractivity contribution in [3.05, 3.63) is 29.5 Å². The molecule has 0 aromatic heterocycles. The molecule has 1 aromatic carbocycles. The molecule has 0 saturated carbocycles. The smallest absolute Gasteiger partial charge is 0.333 e. The molecule has 0 aliphatic carbocycles.